The predicted octanol–water partition coefficient (Wildman–Crippen LogP) is 0.171. The average Bonchev–Trinajstić information content (AvgIpc) is 2.16. The smallest absolute Gasteiger partial charge is 0.0685 e. The van der Waals surface area contributed by atoms with Gasteiger partial charge in [0.05, 0.1) is 19.3 Å². The summed E-state index contributed by atoms with van der Waals surface area (Å²) >= 11 is 0. The van der Waals surface area contributed by atoms with E-state index >= 15 is 0 Å². The maximum absolute atomic E-state index is 8.93. The minimum atomic E-state index is -0.395. The molecule has 0 fully saturated rings. The van der Waals surface area contributed by atoms with E-state index in [1.807, 2.05) is 18.2 Å². The van der Waals surface area contributed by atoms with Gasteiger partial charge in [0, 0.05) is 0 Å². The Labute approximate surface area is 71.5 Å². The molecule has 1 unspecified atom stereocenters. The van der Waals surface area contributed by atoms with E-state index in [2.05, 4.69) is 0 Å². The minimum absolute atomic E-state index is 0.0378. The van der Waals surface area contributed by atoms with Crippen LogP contribution in [-0.4, -0.2) is 16.8 Å². The van der Waals surface area contributed by atoms with Gasteiger partial charge in [0.2, 0.25) is 0 Å². The number of nitrogens with two attached hydrogens (primary N) is 1. The third-order valence-electron chi connectivity index (χ3n) is 1.82. The molecule has 0 bridgehead atoms. The van der Waals surface area contributed by atoms with Gasteiger partial charge in [-0.25, -0.2) is 0 Å². The Morgan fingerprint density at radius 3 is 2.50 bits per heavy atom. The Hall–Kier alpha value is -0.900. The van der Waals surface area contributed by atoms with E-state index in [0.717, 1.165) is 11.1 Å². The largest absolute Gasteiger partial charge is 0.394 e. The zero-order chi connectivity index (χ0) is 8.97. The molecule has 3 heteroatoms. The molecule has 0 heterocycles. The first-order chi connectivity index (χ1) is 5.79. The molecule has 4 N–H and O–H groups in total. The number of aliphatic hydroxyl groups excluding tert-OH is 2. The van der Waals surface area contributed by atoms with Gasteiger partial charge in [0.1, 0.15) is 0 Å². The number of aliphatic hydroxyl groups is 2. The first-order valence-electron chi connectivity index (χ1n) is 3.84. The fourth-order valence-corrected chi connectivity index (χ4v) is 1.14. The number of hydrogen-bond acceptors (Lipinski definition) is 3. The summed E-state index contributed by atoms with van der Waals surface area (Å²) in [4.78, 5) is 0. The van der Waals surface area contributed by atoms with Crippen LogP contribution < -0.4 is 5.73 Å². The highest BCUT2D eigenvalue weighted by molar-refractivity contribution is 5.29. The summed E-state index contributed by atoms with van der Waals surface area (Å²) < 4.78 is 0. The third-order valence-corrected chi connectivity index (χ3v) is 1.82. The van der Waals surface area contributed by atoms with E-state index in [0.29, 0.717) is 0 Å². The Morgan fingerprint density at radius 1 is 1.25 bits per heavy atom. The second-order valence-electron chi connectivity index (χ2n) is 2.65. The standard InChI is InChI=1S/C9H13NO2/c10-9(6-12)8-4-2-1-3-7(8)5-11/h1-4,9,11-12H,5-6,10H2. The van der Waals surface area contributed by atoms with Crippen molar-refractivity contribution < 1.29 is 10.2 Å². The van der Waals surface area contributed by atoms with Crippen LogP contribution in [0, 0.1) is 0 Å². The van der Waals surface area contributed by atoms with Gasteiger partial charge in [-0.3, -0.25) is 0 Å². The second-order valence-corrected chi connectivity index (χ2v) is 2.65. The zero-order valence-corrected chi connectivity index (χ0v) is 6.77. The van der Waals surface area contributed by atoms with Crippen LogP contribution >= 0.6 is 0 Å². The summed E-state index contributed by atoms with van der Waals surface area (Å²) in [5.74, 6) is 0. The highest BCUT2D eigenvalue weighted by atomic mass is 16.3. The Bertz CT molecular complexity index is 250. The van der Waals surface area contributed by atoms with Crippen LogP contribution in [0.5, 0.6) is 0 Å². The van der Waals surface area contributed by atoms with Crippen molar-refractivity contribution in [2.24, 2.45) is 5.73 Å². The van der Waals surface area contributed by atoms with Crippen LogP contribution in [0.15, 0.2) is 24.3 Å². The molecule has 0 aliphatic carbocycles. The van der Waals surface area contributed by atoms with Crippen molar-refractivity contribution in [1.29, 1.82) is 0 Å². The first-order valence-corrected chi connectivity index (χ1v) is 3.84. The highest BCUT2D eigenvalue weighted by Gasteiger charge is 2.07. The number of hydrogen-bond donors (Lipinski definition) is 3. The van der Waals surface area contributed by atoms with Crippen molar-refractivity contribution in [2.45, 2.75) is 12.6 Å². The monoisotopic (exact) mass is 167 g/mol. The van der Waals surface area contributed by atoms with E-state index in [9.17, 15) is 0 Å². The Kier molecular flexibility index (Phi) is 3.22. The quantitative estimate of drug-likeness (QED) is 0.601. The van der Waals surface area contributed by atoms with Gasteiger partial charge in [-0.05, 0) is 11.1 Å². The van der Waals surface area contributed by atoms with E-state index in [1.165, 1.54) is 0 Å². The van der Waals surface area contributed by atoms with Crippen LogP contribution in [0.2, 0.25) is 0 Å². The molecule has 3 nitrogen and oxygen atoms in total. The minimum Gasteiger partial charge on any atom is -0.394 e. The van der Waals surface area contributed by atoms with Gasteiger partial charge in [0.25, 0.3) is 0 Å². The van der Waals surface area contributed by atoms with Gasteiger partial charge in [-0.15, -0.1) is 0 Å². The van der Waals surface area contributed by atoms with E-state index < -0.39 is 6.04 Å². The van der Waals surface area contributed by atoms with Crippen molar-refractivity contribution in [3.8, 4) is 0 Å². The van der Waals surface area contributed by atoms with Gasteiger partial charge >= 0.3 is 0 Å². The number of benzene rings is 1. The summed E-state index contributed by atoms with van der Waals surface area (Å²) in [5.41, 5.74) is 7.19. The van der Waals surface area contributed by atoms with Crippen molar-refractivity contribution in [2.75, 3.05) is 6.61 Å². The predicted molar refractivity (Wildman–Crippen MR) is 46.4 cm³/mol. The molecule has 0 radical (unpaired) electrons. The lowest BCUT2D eigenvalue weighted by molar-refractivity contribution is 0.259. The van der Waals surface area contributed by atoms with Crippen LogP contribution in [0.25, 0.3) is 0 Å². The number of rotatable bonds is 3. The van der Waals surface area contributed by atoms with E-state index in [-0.39, 0.29) is 13.2 Å². The van der Waals surface area contributed by atoms with Crippen LogP contribution in [0.1, 0.15) is 17.2 Å². The summed E-state index contributed by atoms with van der Waals surface area (Å²) in [7, 11) is 0. The van der Waals surface area contributed by atoms with Crippen LogP contribution in [0.3, 0.4) is 0 Å². The van der Waals surface area contributed by atoms with Crippen molar-refractivity contribution in [3.05, 3.63) is 35.4 Å². The normalized spacial score (nSPS) is 12.9. The van der Waals surface area contributed by atoms with E-state index in [1.54, 1.807) is 6.07 Å². The maximum atomic E-state index is 8.93. The second kappa shape index (κ2) is 4.21. The Morgan fingerprint density at radius 2 is 1.92 bits per heavy atom. The fraction of sp³-hybridized carbons (Fsp3) is 0.333. The zero-order valence-electron chi connectivity index (χ0n) is 6.77. The lowest BCUT2D eigenvalue weighted by atomic mass is 10.0. The van der Waals surface area contributed by atoms with Gasteiger partial charge in [0.15, 0.2) is 0 Å². The van der Waals surface area contributed by atoms with Crippen LogP contribution in [-0.2, 0) is 6.61 Å². The van der Waals surface area contributed by atoms with Gasteiger partial charge < -0.3 is 15.9 Å². The molecule has 1 aromatic rings. The molecule has 1 aromatic carbocycles. The molecule has 66 valence electrons. The summed E-state index contributed by atoms with van der Waals surface area (Å²) in [6, 6.07) is 6.88. The molecule has 0 aliphatic heterocycles. The molecule has 12 heavy (non-hydrogen) atoms. The molecule has 0 aromatic heterocycles. The summed E-state index contributed by atoms with van der Waals surface area (Å²) in [6.07, 6.45) is 0. The highest BCUT2D eigenvalue weighted by Crippen LogP contribution is 2.15. The summed E-state index contributed by atoms with van der Waals surface area (Å²) in [5, 5.41) is 17.7. The van der Waals surface area contributed by atoms with Crippen molar-refractivity contribution in [3.63, 3.8) is 0 Å². The molecule has 0 spiro atoms. The average molecular weight is 167 g/mol. The SMILES string of the molecule is NC(CO)c1ccccc1CO. The molecule has 0 saturated carbocycles. The lowest BCUT2D eigenvalue weighted by Gasteiger charge is -2.12. The lowest BCUT2D eigenvalue weighted by Crippen LogP contribution is -2.16. The third kappa shape index (κ3) is 1.82. The molecule has 1 rings (SSSR count). The van der Waals surface area contributed by atoms with Crippen LogP contribution in [0.4, 0.5) is 0 Å². The maximum Gasteiger partial charge on any atom is 0.0685 e. The molecule has 0 aliphatic rings. The summed E-state index contributed by atoms with van der Waals surface area (Å²) in [6.45, 7) is -0.138. The fourth-order valence-electron chi connectivity index (χ4n) is 1.14. The molecular weight excluding hydrogens is 154 g/mol. The molecular formula is C9H13NO2. The van der Waals surface area contributed by atoms with E-state index in [4.69, 9.17) is 15.9 Å². The molecule has 1 atom stereocenters. The van der Waals surface area contributed by atoms with Crippen molar-refractivity contribution >= 4 is 0 Å². The molecule has 0 saturated heterocycles. The topological polar surface area (TPSA) is 66.5 Å². The first kappa shape index (κ1) is 9.19. The Balaban J connectivity index is 2.96. The van der Waals surface area contributed by atoms with Crippen molar-refractivity contribution in [1.82, 2.24) is 0 Å². The molecule has 0 amide bonds. The van der Waals surface area contributed by atoms with Gasteiger partial charge in [-0.1, -0.05) is 24.3 Å². The van der Waals surface area contributed by atoms with Gasteiger partial charge in [-0.2, -0.15) is 0 Å².